The van der Waals surface area contributed by atoms with Gasteiger partial charge in [0.25, 0.3) is 0 Å². The highest BCUT2D eigenvalue weighted by Crippen LogP contribution is 2.36. The molecule has 2 heterocycles. The topological polar surface area (TPSA) is 77.7 Å². The van der Waals surface area contributed by atoms with Gasteiger partial charge in [-0.2, -0.15) is 0 Å². The van der Waals surface area contributed by atoms with Gasteiger partial charge in [-0.25, -0.2) is 0 Å². The van der Waals surface area contributed by atoms with Crippen molar-refractivity contribution in [2.24, 2.45) is 5.73 Å². The first-order valence-corrected chi connectivity index (χ1v) is 9.35. The Bertz CT molecular complexity index is 842. The zero-order chi connectivity index (χ0) is 16.5. The summed E-state index contributed by atoms with van der Waals surface area (Å²) in [7, 11) is 0. The number of anilines is 1. The van der Waals surface area contributed by atoms with E-state index in [1.807, 2.05) is 17.5 Å². The minimum Gasteiger partial charge on any atom is -0.361 e. The maximum absolute atomic E-state index is 8.15. The fraction of sp³-hybridized carbons (Fsp3) is 0.316. The van der Waals surface area contributed by atoms with E-state index < -0.39 is 0 Å². The number of thiophene rings is 1. The van der Waals surface area contributed by atoms with Crippen LogP contribution >= 0.6 is 11.3 Å². The van der Waals surface area contributed by atoms with Crippen molar-refractivity contribution in [2.45, 2.75) is 37.6 Å². The van der Waals surface area contributed by atoms with Gasteiger partial charge in [-0.3, -0.25) is 5.41 Å². The van der Waals surface area contributed by atoms with Crippen LogP contribution in [0.25, 0.3) is 10.9 Å². The number of nitrogens with one attached hydrogen (secondary N) is 3. The lowest BCUT2D eigenvalue weighted by Gasteiger charge is -2.25. The van der Waals surface area contributed by atoms with Crippen LogP contribution in [-0.4, -0.2) is 16.9 Å². The monoisotopic (exact) mass is 338 g/mol. The van der Waals surface area contributed by atoms with Gasteiger partial charge < -0.3 is 16.0 Å². The van der Waals surface area contributed by atoms with Gasteiger partial charge in [-0.15, -0.1) is 11.3 Å². The maximum Gasteiger partial charge on any atom is 0.140 e. The number of benzene rings is 1. The van der Waals surface area contributed by atoms with Crippen LogP contribution in [0, 0.1) is 5.41 Å². The van der Waals surface area contributed by atoms with E-state index >= 15 is 0 Å². The Kier molecular flexibility index (Phi) is 4.12. The molecule has 4 rings (SSSR count). The van der Waals surface area contributed by atoms with E-state index in [-0.39, 0.29) is 0 Å². The highest BCUT2D eigenvalue weighted by atomic mass is 32.1. The molecule has 1 saturated carbocycles. The quantitative estimate of drug-likeness (QED) is 0.414. The molecule has 2 aromatic heterocycles. The van der Waals surface area contributed by atoms with Crippen molar-refractivity contribution in [3.63, 3.8) is 0 Å². The summed E-state index contributed by atoms with van der Waals surface area (Å²) in [5.41, 5.74) is 9.52. The molecule has 0 atom stereocenters. The first kappa shape index (κ1) is 15.4. The molecule has 1 aliphatic rings. The first-order valence-electron chi connectivity index (χ1n) is 8.47. The number of aromatic amines is 1. The number of nitrogens with two attached hydrogens (primary N) is 1. The summed E-state index contributed by atoms with van der Waals surface area (Å²) in [6, 6.07) is 10.6. The highest BCUT2D eigenvalue weighted by Gasteiger charge is 2.22. The predicted octanol–water partition coefficient (Wildman–Crippen LogP) is 4.65. The highest BCUT2D eigenvalue weighted by molar-refractivity contribution is 7.12. The van der Waals surface area contributed by atoms with Gasteiger partial charge in [-0.05, 0) is 60.7 Å². The standard InChI is InChI=1S/C19H22N4S/c20-13-5-3-12(4-6-13)16-11-22-17-10-14(7-8-15(16)17)23-19(21)18-2-1-9-24-18/h1-2,7-13,22H,3-6,20H2,(H2,21,23). The average Bonchev–Trinajstić information content (AvgIpc) is 3.25. The van der Waals surface area contributed by atoms with Gasteiger partial charge in [0, 0.05) is 28.8 Å². The second-order valence-electron chi connectivity index (χ2n) is 6.59. The summed E-state index contributed by atoms with van der Waals surface area (Å²) in [6.07, 6.45) is 6.75. The van der Waals surface area contributed by atoms with Gasteiger partial charge in [0.05, 0.1) is 4.88 Å². The van der Waals surface area contributed by atoms with Crippen molar-refractivity contribution in [3.05, 3.63) is 52.3 Å². The molecule has 0 aliphatic heterocycles. The fourth-order valence-electron chi connectivity index (χ4n) is 3.62. The third kappa shape index (κ3) is 2.97. The molecule has 5 heteroatoms. The molecular formula is C19H22N4S. The number of hydrogen-bond acceptors (Lipinski definition) is 3. The molecule has 4 nitrogen and oxygen atoms in total. The molecule has 1 fully saturated rings. The molecule has 1 aromatic carbocycles. The van der Waals surface area contributed by atoms with Crippen molar-refractivity contribution >= 4 is 33.8 Å². The summed E-state index contributed by atoms with van der Waals surface area (Å²) in [5.74, 6) is 1.05. The smallest absolute Gasteiger partial charge is 0.140 e. The lowest BCUT2D eigenvalue weighted by Crippen LogP contribution is -2.25. The lowest BCUT2D eigenvalue weighted by atomic mass is 9.82. The third-order valence-electron chi connectivity index (χ3n) is 4.96. The van der Waals surface area contributed by atoms with Crippen LogP contribution in [0.5, 0.6) is 0 Å². The van der Waals surface area contributed by atoms with E-state index in [1.54, 1.807) is 11.3 Å². The van der Waals surface area contributed by atoms with E-state index in [0.717, 1.165) is 28.9 Å². The van der Waals surface area contributed by atoms with Crippen LogP contribution in [0.15, 0.2) is 41.9 Å². The average molecular weight is 338 g/mol. The summed E-state index contributed by atoms with van der Waals surface area (Å²) in [6.45, 7) is 0. The molecule has 0 amide bonds. The fourth-order valence-corrected chi connectivity index (χ4v) is 4.25. The molecular weight excluding hydrogens is 316 g/mol. The Morgan fingerprint density at radius 3 is 2.79 bits per heavy atom. The minimum absolute atomic E-state index is 0.380. The van der Waals surface area contributed by atoms with Crippen molar-refractivity contribution in [1.82, 2.24) is 4.98 Å². The van der Waals surface area contributed by atoms with Gasteiger partial charge in [0.2, 0.25) is 0 Å². The molecule has 5 N–H and O–H groups in total. The van der Waals surface area contributed by atoms with E-state index in [9.17, 15) is 0 Å². The maximum atomic E-state index is 8.15. The Balaban J connectivity index is 1.55. The van der Waals surface area contributed by atoms with E-state index in [0.29, 0.717) is 17.8 Å². The van der Waals surface area contributed by atoms with Crippen LogP contribution in [0.1, 0.15) is 42.0 Å². The second kappa shape index (κ2) is 6.42. The Labute approximate surface area is 145 Å². The molecule has 0 spiro atoms. The van der Waals surface area contributed by atoms with Crippen molar-refractivity contribution < 1.29 is 0 Å². The molecule has 124 valence electrons. The van der Waals surface area contributed by atoms with Crippen molar-refractivity contribution in [3.8, 4) is 0 Å². The number of amidine groups is 1. The molecule has 1 aliphatic carbocycles. The number of hydrogen-bond donors (Lipinski definition) is 4. The Morgan fingerprint density at radius 1 is 1.21 bits per heavy atom. The van der Waals surface area contributed by atoms with Crippen molar-refractivity contribution in [1.29, 1.82) is 5.41 Å². The zero-order valence-electron chi connectivity index (χ0n) is 13.5. The summed E-state index contributed by atoms with van der Waals surface area (Å²) < 4.78 is 0. The summed E-state index contributed by atoms with van der Waals surface area (Å²) >= 11 is 1.57. The number of aromatic nitrogens is 1. The lowest BCUT2D eigenvalue weighted by molar-refractivity contribution is 0.397. The number of fused-ring (bicyclic) bond motifs is 1. The van der Waals surface area contributed by atoms with Crippen LogP contribution in [0.4, 0.5) is 5.69 Å². The van der Waals surface area contributed by atoms with E-state index in [4.69, 9.17) is 11.1 Å². The van der Waals surface area contributed by atoms with Crippen molar-refractivity contribution in [2.75, 3.05) is 5.32 Å². The van der Waals surface area contributed by atoms with Gasteiger partial charge in [0.15, 0.2) is 0 Å². The zero-order valence-corrected chi connectivity index (χ0v) is 14.3. The SMILES string of the molecule is N=C(Nc1ccc2c(C3CCC(N)CC3)c[nH]c2c1)c1cccs1. The van der Waals surface area contributed by atoms with E-state index in [2.05, 4.69) is 34.7 Å². The molecule has 0 unspecified atom stereocenters. The van der Waals surface area contributed by atoms with Crippen LogP contribution in [0.3, 0.4) is 0 Å². The predicted molar refractivity (Wildman–Crippen MR) is 102 cm³/mol. The summed E-state index contributed by atoms with van der Waals surface area (Å²) in [5, 5.41) is 14.6. The van der Waals surface area contributed by atoms with Gasteiger partial charge in [-0.1, -0.05) is 12.1 Å². The van der Waals surface area contributed by atoms with Crippen LogP contribution < -0.4 is 11.1 Å². The molecule has 0 radical (unpaired) electrons. The summed E-state index contributed by atoms with van der Waals surface area (Å²) in [4.78, 5) is 4.35. The first-order chi connectivity index (χ1) is 11.7. The van der Waals surface area contributed by atoms with E-state index in [1.165, 1.54) is 23.8 Å². The van der Waals surface area contributed by atoms with Crippen LogP contribution in [-0.2, 0) is 0 Å². The van der Waals surface area contributed by atoms with Gasteiger partial charge in [0.1, 0.15) is 5.84 Å². The minimum atomic E-state index is 0.380. The molecule has 0 bridgehead atoms. The largest absolute Gasteiger partial charge is 0.361 e. The number of rotatable bonds is 3. The Morgan fingerprint density at radius 2 is 2.04 bits per heavy atom. The van der Waals surface area contributed by atoms with Crippen LogP contribution in [0.2, 0.25) is 0 Å². The molecule has 24 heavy (non-hydrogen) atoms. The van der Waals surface area contributed by atoms with Gasteiger partial charge >= 0.3 is 0 Å². The Hall–Kier alpha value is -2.11. The normalized spacial score (nSPS) is 21.0. The number of H-pyrrole nitrogens is 1. The second-order valence-corrected chi connectivity index (χ2v) is 7.54. The third-order valence-corrected chi connectivity index (χ3v) is 5.85. The molecule has 0 saturated heterocycles. The molecule has 3 aromatic rings.